The van der Waals surface area contributed by atoms with Crippen LogP contribution in [0.15, 0.2) is 34.9 Å². The average molecular weight is 343 g/mol. The molecule has 1 fully saturated rings. The molecular formula is C17H21N5O3. The third kappa shape index (κ3) is 4.36. The summed E-state index contributed by atoms with van der Waals surface area (Å²) in [5, 5.41) is 9.07. The predicted molar refractivity (Wildman–Crippen MR) is 92.9 cm³/mol. The van der Waals surface area contributed by atoms with Crippen molar-refractivity contribution in [3.63, 3.8) is 0 Å². The second kappa shape index (κ2) is 7.35. The molecule has 0 aliphatic carbocycles. The Hall–Kier alpha value is -2.87. The minimum atomic E-state index is -0.401. The smallest absolute Gasteiger partial charge is 0.324 e. The first-order valence-electron chi connectivity index (χ1n) is 8.15. The van der Waals surface area contributed by atoms with Gasteiger partial charge in [0.15, 0.2) is 5.82 Å². The SMILES string of the molecule is Cc1cc(NC(=O)Nc2cccc(CN3CCC[C@@H]3C(N)=O)c2)no1. The molecule has 1 saturated heterocycles. The van der Waals surface area contributed by atoms with E-state index in [-0.39, 0.29) is 11.9 Å². The molecule has 1 aromatic carbocycles. The number of carbonyl (C=O) groups excluding carboxylic acids is 2. The molecule has 4 N–H and O–H groups in total. The Morgan fingerprint density at radius 1 is 1.36 bits per heavy atom. The molecule has 2 aromatic rings. The van der Waals surface area contributed by atoms with E-state index in [2.05, 4.69) is 20.7 Å². The summed E-state index contributed by atoms with van der Waals surface area (Å²) in [4.78, 5) is 25.6. The lowest BCUT2D eigenvalue weighted by atomic mass is 10.1. The molecule has 25 heavy (non-hydrogen) atoms. The van der Waals surface area contributed by atoms with Crippen molar-refractivity contribution in [1.29, 1.82) is 0 Å². The number of nitrogens with zero attached hydrogens (tertiary/aromatic N) is 2. The van der Waals surface area contributed by atoms with Gasteiger partial charge < -0.3 is 15.6 Å². The van der Waals surface area contributed by atoms with Crippen LogP contribution in [0, 0.1) is 6.92 Å². The molecule has 1 aliphatic rings. The molecule has 8 heteroatoms. The number of aryl methyl sites for hydroxylation is 1. The largest absolute Gasteiger partial charge is 0.368 e. The highest BCUT2D eigenvalue weighted by Gasteiger charge is 2.28. The van der Waals surface area contributed by atoms with Crippen LogP contribution in [0.1, 0.15) is 24.2 Å². The van der Waals surface area contributed by atoms with Crippen LogP contribution in [0.25, 0.3) is 0 Å². The topological polar surface area (TPSA) is 113 Å². The van der Waals surface area contributed by atoms with Crippen molar-refractivity contribution in [2.75, 3.05) is 17.2 Å². The van der Waals surface area contributed by atoms with Crippen LogP contribution in [0.4, 0.5) is 16.3 Å². The zero-order chi connectivity index (χ0) is 17.8. The Morgan fingerprint density at radius 3 is 2.92 bits per heavy atom. The van der Waals surface area contributed by atoms with Crippen LogP contribution in [-0.2, 0) is 11.3 Å². The summed E-state index contributed by atoms with van der Waals surface area (Å²) in [7, 11) is 0. The van der Waals surface area contributed by atoms with Crippen molar-refractivity contribution in [3.8, 4) is 0 Å². The maximum absolute atomic E-state index is 12.0. The predicted octanol–water partition coefficient (Wildman–Crippen LogP) is 2.08. The number of anilines is 2. The van der Waals surface area contributed by atoms with Gasteiger partial charge in [0.1, 0.15) is 5.76 Å². The number of primary amides is 1. The number of hydrogen-bond donors (Lipinski definition) is 3. The van der Waals surface area contributed by atoms with E-state index in [1.807, 2.05) is 18.2 Å². The highest BCUT2D eigenvalue weighted by Crippen LogP contribution is 2.21. The molecule has 3 rings (SSSR count). The maximum atomic E-state index is 12.0. The molecule has 0 saturated carbocycles. The molecule has 132 valence electrons. The fourth-order valence-electron chi connectivity index (χ4n) is 3.02. The third-order valence-electron chi connectivity index (χ3n) is 4.13. The van der Waals surface area contributed by atoms with Crippen LogP contribution in [0.5, 0.6) is 0 Å². The van der Waals surface area contributed by atoms with Crippen molar-refractivity contribution in [3.05, 3.63) is 41.7 Å². The molecule has 0 unspecified atom stereocenters. The number of nitrogens with two attached hydrogens (primary N) is 1. The van der Waals surface area contributed by atoms with Gasteiger partial charge in [-0.1, -0.05) is 17.3 Å². The van der Waals surface area contributed by atoms with E-state index in [0.29, 0.717) is 23.8 Å². The van der Waals surface area contributed by atoms with Crippen LogP contribution >= 0.6 is 0 Å². The normalized spacial score (nSPS) is 17.4. The first-order valence-corrected chi connectivity index (χ1v) is 8.15. The molecule has 0 bridgehead atoms. The summed E-state index contributed by atoms with van der Waals surface area (Å²) >= 11 is 0. The van der Waals surface area contributed by atoms with Gasteiger partial charge in [-0.3, -0.25) is 15.0 Å². The second-order valence-electron chi connectivity index (χ2n) is 6.13. The van der Waals surface area contributed by atoms with E-state index in [0.717, 1.165) is 24.9 Å². The second-order valence-corrected chi connectivity index (χ2v) is 6.13. The molecule has 2 heterocycles. The van der Waals surface area contributed by atoms with Gasteiger partial charge >= 0.3 is 6.03 Å². The molecule has 3 amide bonds. The molecule has 8 nitrogen and oxygen atoms in total. The highest BCUT2D eigenvalue weighted by atomic mass is 16.5. The Bertz CT molecular complexity index is 773. The number of aromatic nitrogens is 1. The lowest BCUT2D eigenvalue weighted by Gasteiger charge is -2.22. The quantitative estimate of drug-likeness (QED) is 0.769. The number of hydrogen-bond acceptors (Lipinski definition) is 5. The zero-order valence-electron chi connectivity index (χ0n) is 14.0. The first kappa shape index (κ1) is 17.0. The lowest BCUT2D eigenvalue weighted by Crippen LogP contribution is -2.39. The Kier molecular flexibility index (Phi) is 4.99. The van der Waals surface area contributed by atoms with Crippen molar-refractivity contribution in [1.82, 2.24) is 10.1 Å². The Labute approximate surface area is 145 Å². The van der Waals surface area contributed by atoms with E-state index >= 15 is 0 Å². The van der Waals surface area contributed by atoms with Gasteiger partial charge in [-0.2, -0.15) is 0 Å². The van der Waals surface area contributed by atoms with Gasteiger partial charge in [0.2, 0.25) is 5.91 Å². The van der Waals surface area contributed by atoms with Crippen LogP contribution in [0.3, 0.4) is 0 Å². The number of benzene rings is 1. The van der Waals surface area contributed by atoms with E-state index in [1.165, 1.54) is 0 Å². The van der Waals surface area contributed by atoms with Gasteiger partial charge in [-0.25, -0.2) is 4.79 Å². The molecule has 1 aromatic heterocycles. The van der Waals surface area contributed by atoms with Gasteiger partial charge in [-0.15, -0.1) is 0 Å². The van der Waals surface area contributed by atoms with E-state index in [1.54, 1.807) is 19.1 Å². The molecule has 1 atom stereocenters. The summed E-state index contributed by atoms with van der Waals surface area (Å²) in [5.41, 5.74) is 7.11. The lowest BCUT2D eigenvalue weighted by molar-refractivity contribution is -0.122. The molecule has 0 radical (unpaired) electrons. The number of nitrogens with one attached hydrogen (secondary N) is 2. The van der Waals surface area contributed by atoms with E-state index in [9.17, 15) is 9.59 Å². The van der Waals surface area contributed by atoms with Gasteiger partial charge in [-0.05, 0) is 44.0 Å². The van der Waals surface area contributed by atoms with Gasteiger partial charge in [0.05, 0.1) is 6.04 Å². The summed E-state index contributed by atoms with van der Waals surface area (Å²) in [6.45, 7) is 3.21. The fourth-order valence-corrected chi connectivity index (χ4v) is 3.02. The number of likely N-dealkylation sites (tertiary alicyclic amines) is 1. The van der Waals surface area contributed by atoms with Gasteiger partial charge in [0.25, 0.3) is 0 Å². The number of rotatable bonds is 5. The monoisotopic (exact) mass is 343 g/mol. The fraction of sp³-hybridized carbons (Fsp3) is 0.353. The van der Waals surface area contributed by atoms with Crippen LogP contribution in [0.2, 0.25) is 0 Å². The maximum Gasteiger partial charge on any atom is 0.324 e. The van der Waals surface area contributed by atoms with Crippen molar-refractivity contribution < 1.29 is 14.1 Å². The molecule has 0 spiro atoms. The third-order valence-corrected chi connectivity index (χ3v) is 4.13. The van der Waals surface area contributed by atoms with Crippen molar-refractivity contribution >= 4 is 23.4 Å². The van der Waals surface area contributed by atoms with Crippen molar-refractivity contribution in [2.45, 2.75) is 32.4 Å². The van der Waals surface area contributed by atoms with Gasteiger partial charge in [0, 0.05) is 18.3 Å². The number of amides is 3. The minimum Gasteiger partial charge on any atom is -0.368 e. The number of carbonyl (C=O) groups is 2. The standard InChI is InChI=1S/C17H21N5O3/c1-11-8-15(21-25-11)20-17(24)19-13-5-2-4-12(9-13)10-22-7-3-6-14(22)16(18)23/h2,4-5,8-9,14H,3,6-7,10H2,1H3,(H2,18,23)(H2,19,20,21,24)/t14-/m1/s1. The van der Waals surface area contributed by atoms with Crippen molar-refractivity contribution in [2.24, 2.45) is 5.73 Å². The highest BCUT2D eigenvalue weighted by molar-refractivity contribution is 5.99. The summed E-state index contributed by atoms with van der Waals surface area (Å²) in [6, 6.07) is 8.52. The summed E-state index contributed by atoms with van der Waals surface area (Å²) < 4.78 is 4.90. The first-order chi connectivity index (χ1) is 12.0. The van der Waals surface area contributed by atoms with Crippen LogP contribution in [-0.4, -0.2) is 34.6 Å². The minimum absolute atomic E-state index is 0.213. The summed E-state index contributed by atoms with van der Waals surface area (Å²) in [5.74, 6) is 0.688. The number of urea groups is 1. The zero-order valence-corrected chi connectivity index (χ0v) is 14.0. The average Bonchev–Trinajstić information content (AvgIpc) is 3.16. The molecule has 1 aliphatic heterocycles. The van der Waals surface area contributed by atoms with E-state index < -0.39 is 6.03 Å². The van der Waals surface area contributed by atoms with E-state index in [4.69, 9.17) is 10.3 Å². The Morgan fingerprint density at radius 2 is 2.20 bits per heavy atom. The van der Waals surface area contributed by atoms with Crippen LogP contribution < -0.4 is 16.4 Å². The Balaban J connectivity index is 1.61. The molecular weight excluding hydrogens is 322 g/mol. The summed E-state index contributed by atoms with van der Waals surface area (Å²) in [6.07, 6.45) is 1.76.